The number of aryl methyl sites for hydroxylation is 2. The standard InChI is InChI=1S/C15H20N8O6/c1-28-12(24)6-10-22-14(26)20(16-18-22)8-4-3-5-9-21-15(27)23(19-17-21)11-7-13(25)29-2/h6-7,10-11H,3-5,8-9H2,1-2H3/b10-6-,11-7-. The SMILES string of the molecule is COC(=O)/C=C\n1nnn(CCCCCn2nnn(/C=C\C(=O)OC)c2=O)c1=O. The zero-order valence-corrected chi connectivity index (χ0v) is 15.9. The maximum Gasteiger partial charge on any atom is 0.367 e. The zero-order chi connectivity index (χ0) is 21.2. The van der Waals surface area contributed by atoms with E-state index in [0.717, 1.165) is 21.5 Å². The summed E-state index contributed by atoms with van der Waals surface area (Å²) < 4.78 is 13.1. The lowest BCUT2D eigenvalue weighted by Gasteiger charge is -2.00. The van der Waals surface area contributed by atoms with Crippen LogP contribution in [0.2, 0.25) is 0 Å². The van der Waals surface area contributed by atoms with Crippen molar-refractivity contribution in [1.29, 1.82) is 0 Å². The van der Waals surface area contributed by atoms with Gasteiger partial charge in [0.25, 0.3) is 0 Å². The Morgan fingerprint density at radius 3 is 1.55 bits per heavy atom. The molecule has 0 aliphatic rings. The zero-order valence-electron chi connectivity index (χ0n) is 15.9. The number of hydrogen-bond acceptors (Lipinski definition) is 10. The van der Waals surface area contributed by atoms with Gasteiger partial charge in [-0.1, -0.05) is 0 Å². The molecule has 2 rings (SSSR count). The van der Waals surface area contributed by atoms with Gasteiger partial charge in [-0.25, -0.2) is 19.2 Å². The Hall–Kier alpha value is -3.84. The number of carbonyl (C=O) groups excluding carboxylic acids is 2. The molecular weight excluding hydrogens is 388 g/mol. The van der Waals surface area contributed by atoms with E-state index in [1.807, 2.05) is 0 Å². The van der Waals surface area contributed by atoms with E-state index in [9.17, 15) is 19.2 Å². The molecule has 2 heterocycles. The Balaban J connectivity index is 1.80. The fourth-order valence-corrected chi connectivity index (χ4v) is 2.14. The van der Waals surface area contributed by atoms with Gasteiger partial charge in [0, 0.05) is 37.6 Å². The molecule has 0 atom stereocenters. The first-order valence-corrected chi connectivity index (χ1v) is 8.53. The molecule has 0 unspecified atom stereocenters. The number of aromatic nitrogens is 8. The van der Waals surface area contributed by atoms with Crippen LogP contribution in [0.4, 0.5) is 0 Å². The molecule has 14 heteroatoms. The summed E-state index contributed by atoms with van der Waals surface area (Å²) in [5.41, 5.74) is -0.969. The Labute approximate surface area is 163 Å². The predicted octanol–water partition coefficient (Wildman–Crippen LogP) is -1.65. The molecule has 14 nitrogen and oxygen atoms in total. The summed E-state index contributed by atoms with van der Waals surface area (Å²) in [6.45, 7) is 0.655. The third-order valence-corrected chi connectivity index (χ3v) is 3.67. The quantitative estimate of drug-likeness (QED) is 0.253. The van der Waals surface area contributed by atoms with Crippen molar-refractivity contribution >= 4 is 24.3 Å². The van der Waals surface area contributed by atoms with Crippen LogP contribution >= 0.6 is 0 Å². The smallest absolute Gasteiger partial charge is 0.367 e. The lowest BCUT2D eigenvalue weighted by atomic mass is 10.2. The largest absolute Gasteiger partial charge is 0.466 e. The van der Waals surface area contributed by atoms with Gasteiger partial charge < -0.3 is 9.47 Å². The van der Waals surface area contributed by atoms with Crippen LogP contribution in [0.15, 0.2) is 21.7 Å². The number of carbonyl (C=O) groups is 2. The number of methoxy groups -OCH3 is 2. The maximum atomic E-state index is 12.0. The first-order chi connectivity index (χ1) is 14.0. The molecule has 2 aromatic heterocycles. The number of ether oxygens (including phenoxy) is 2. The molecule has 0 saturated carbocycles. The Kier molecular flexibility index (Phi) is 7.76. The first kappa shape index (κ1) is 21.5. The number of unbranched alkanes of at least 4 members (excludes halogenated alkanes) is 2. The molecule has 0 spiro atoms. The highest BCUT2D eigenvalue weighted by Gasteiger charge is 2.07. The molecular formula is C15H20N8O6. The molecule has 0 bridgehead atoms. The van der Waals surface area contributed by atoms with Crippen LogP contribution in [0, 0.1) is 0 Å². The maximum absolute atomic E-state index is 12.0. The van der Waals surface area contributed by atoms with Crippen molar-refractivity contribution in [2.24, 2.45) is 0 Å². The number of tetrazole rings is 2. The molecule has 156 valence electrons. The number of nitrogens with zero attached hydrogens (tertiary/aromatic N) is 8. The highest BCUT2D eigenvalue weighted by atomic mass is 16.5. The van der Waals surface area contributed by atoms with Crippen LogP contribution < -0.4 is 11.4 Å². The van der Waals surface area contributed by atoms with E-state index in [1.54, 1.807) is 0 Å². The van der Waals surface area contributed by atoms with E-state index in [0.29, 0.717) is 32.4 Å². The fourth-order valence-electron chi connectivity index (χ4n) is 2.14. The molecule has 0 aromatic carbocycles. The van der Waals surface area contributed by atoms with Gasteiger partial charge in [-0.2, -0.15) is 18.7 Å². The molecule has 0 fully saturated rings. The third kappa shape index (κ3) is 6.08. The van der Waals surface area contributed by atoms with Crippen LogP contribution in [0.5, 0.6) is 0 Å². The summed E-state index contributed by atoms with van der Waals surface area (Å²) in [4.78, 5) is 46.1. The van der Waals surface area contributed by atoms with Crippen molar-refractivity contribution in [3.05, 3.63) is 33.1 Å². The lowest BCUT2D eigenvalue weighted by molar-refractivity contribution is -0.135. The molecule has 2 aromatic rings. The van der Waals surface area contributed by atoms with Gasteiger partial charge in [0.1, 0.15) is 0 Å². The topological polar surface area (TPSA) is 158 Å². The van der Waals surface area contributed by atoms with Crippen LogP contribution in [0.1, 0.15) is 19.3 Å². The number of rotatable bonds is 10. The van der Waals surface area contributed by atoms with Gasteiger partial charge in [-0.05, 0) is 40.1 Å². The summed E-state index contributed by atoms with van der Waals surface area (Å²) in [5.74, 6) is -1.22. The monoisotopic (exact) mass is 408 g/mol. The van der Waals surface area contributed by atoms with Crippen molar-refractivity contribution in [2.75, 3.05) is 14.2 Å². The summed E-state index contributed by atoms with van der Waals surface area (Å²) in [5, 5.41) is 14.7. The molecule has 0 aliphatic carbocycles. The van der Waals surface area contributed by atoms with Crippen molar-refractivity contribution in [3.8, 4) is 0 Å². The van der Waals surface area contributed by atoms with E-state index >= 15 is 0 Å². The van der Waals surface area contributed by atoms with E-state index in [-0.39, 0.29) is 0 Å². The molecule has 0 saturated heterocycles. The van der Waals surface area contributed by atoms with Gasteiger partial charge >= 0.3 is 23.3 Å². The second kappa shape index (κ2) is 10.5. The summed E-state index contributed by atoms with van der Waals surface area (Å²) >= 11 is 0. The summed E-state index contributed by atoms with van der Waals surface area (Å²) in [6.07, 6.45) is 6.38. The van der Waals surface area contributed by atoms with Gasteiger partial charge in [-0.3, -0.25) is 0 Å². The third-order valence-electron chi connectivity index (χ3n) is 3.67. The number of hydrogen-bond donors (Lipinski definition) is 0. The number of esters is 2. The average molecular weight is 408 g/mol. The Morgan fingerprint density at radius 2 is 1.17 bits per heavy atom. The minimum Gasteiger partial charge on any atom is -0.466 e. The summed E-state index contributed by atoms with van der Waals surface area (Å²) in [6, 6.07) is 0. The van der Waals surface area contributed by atoms with Crippen molar-refractivity contribution < 1.29 is 19.1 Å². The molecule has 0 amide bonds. The minimum atomic E-state index is -0.612. The molecule has 29 heavy (non-hydrogen) atoms. The Morgan fingerprint density at radius 1 is 0.759 bits per heavy atom. The second-order valence-corrected chi connectivity index (χ2v) is 5.60. The Bertz CT molecular complexity index is 930. The van der Waals surface area contributed by atoms with Crippen LogP contribution in [0.25, 0.3) is 12.4 Å². The fraction of sp³-hybridized carbons (Fsp3) is 0.467. The van der Waals surface area contributed by atoms with Crippen molar-refractivity contribution in [2.45, 2.75) is 32.4 Å². The van der Waals surface area contributed by atoms with Gasteiger partial charge in [-0.15, -0.1) is 0 Å². The van der Waals surface area contributed by atoms with E-state index in [1.165, 1.54) is 36.0 Å². The normalized spacial score (nSPS) is 11.4. The minimum absolute atomic E-state index is 0.328. The van der Waals surface area contributed by atoms with Crippen LogP contribution in [-0.2, 0) is 32.2 Å². The van der Waals surface area contributed by atoms with Gasteiger partial charge in [0.2, 0.25) is 0 Å². The lowest BCUT2D eigenvalue weighted by Crippen LogP contribution is -2.24. The summed E-state index contributed by atoms with van der Waals surface area (Å²) in [7, 11) is 2.44. The van der Waals surface area contributed by atoms with Gasteiger partial charge in [0.05, 0.1) is 14.2 Å². The molecule has 0 N–H and O–H groups in total. The van der Waals surface area contributed by atoms with E-state index in [2.05, 4.69) is 30.3 Å². The van der Waals surface area contributed by atoms with Crippen LogP contribution in [-0.4, -0.2) is 65.7 Å². The second-order valence-electron chi connectivity index (χ2n) is 5.60. The van der Waals surface area contributed by atoms with Crippen LogP contribution in [0.3, 0.4) is 0 Å². The average Bonchev–Trinajstić information content (AvgIpc) is 3.26. The van der Waals surface area contributed by atoms with E-state index < -0.39 is 23.3 Å². The molecule has 0 radical (unpaired) electrons. The molecule has 0 aliphatic heterocycles. The van der Waals surface area contributed by atoms with Crippen molar-refractivity contribution in [1.82, 2.24) is 39.6 Å². The van der Waals surface area contributed by atoms with Crippen molar-refractivity contribution in [3.63, 3.8) is 0 Å². The first-order valence-electron chi connectivity index (χ1n) is 8.53. The van der Waals surface area contributed by atoms with Gasteiger partial charge in [0.15, 0.2) is 0 Å². The van der Waals surface area contributed by atoms with E-state index in [4.69, 9.17) is 0 Å². The highest BCUT2D eigenvalue weighted by Crippen LogP contribution is 1.98. The predicted molar refractivity (Wildman–Crippen MR) is 97.1 cm³/mol. The highest BCUT2D eigenvalue weighted by molar-refractivity contribution is 5.85.